The van der Waals surface area contributed by atoms with Gasteiger partial charge in [0.25, 0.3) is 0 Å². The second kappa shape index (κ2) is 13.5. The molecule has 2 amide bonds. The normalized spacial score (nSPS) is 12.4. The van der Waals surface area contributed by atoms with Crippen molar-refractivity contribution in [3.8, 4) is 0 Å². The SMILES string of the molecule is Cc1ccc(N(CCCC(=O)N(Cc2ccc(Cl)c(Cl)c2)C(C)C(=O)NCC(C)C)S(C)(=O)=O)cc1C. The number of amides is 2. The molecule has 2 aromatic carbocycles. The lowest BCUT2D eigenvalue weighted by molar-refractivity contribution is -0.140. The molecule has 0 aliphatic heterocycles. The number of nitrogens with one attached hydrogen (secondary N) is 1. The van der Waals surface area contributed by atoms with Gasteiger partial charge in [0.05, 0.1) is 22.0 Å². The van der Waals surface area contributed by atoms with Crippen molar-refractivity contribution in [2.75, 3.05) is 23.7 Å². The predicted molar refractivity (Wildman–Crippen MR) is 152 cm³/mol. The molecule has 37 heavy (non-hydrogen) atoms. The van der Waals surface area contributed by atoms with Gasteiger partial charge in [-0.1, -0.05) is 49.2 Å². The number of hydrogen-bond donors (Lipinski definition) is 1. The van der Waals surface area contributed by atoms with Crippen LogP contribution in [0, 0.1) is 19.8 Å². The van der Waals surface area contributed by atoms with Crippen LogP contribution in [0.2, 0.25) is 10.0 Å². The number of aryl methyl sites for hydroxylation is 2. The van der Waals surface area contributed by atoms with E-state index in [9.17, 15) is 18.0 Å². The molecule has 0 saturated heterocycles. The van der Waals surface area contributed by atoms with E-state index in [4.69, 9.17) is 23.2 Å². The summed E-state index contributed by atoms with van der Waals surface area (Å²) in [6, 6.07) is 9.83. The van der Waals surface area contributed by atoms with Gasteiger partial charge in [-0.05, 0) is 74.1 Å². The lowest BCUT2D eigenvalue weighted by atomic mass is 10.1. The van der Waals surface area contributed by atoms with E-state index in [1.807, 2.05) is 39.8 Å². The van der Waals surface area contributed by atoms with Crippen LogP contribution in [0.3, 0.4) is 0 Å². The van der Waals surface area contributed by atoms with Crippen LogP contribution in [-0.4, -0.2) is 50.5 Å². The summed E-state index contributed by atoms with van der Waals surface area (Å²) in [5.74, 6) is -0.246. The summed E-state index contributed by atoms with van der Waals surface area (Å²) in [4.78, 5) is 27.7. The Morgan fingerprint density at radius 2 is 1.65 bits per heavy atom. The molecule has 204 valence electrons. The number of hydrogen-bond acceptors (Lipinski definition) is 4. The molecule has 1 N–H and O–H groups in total. The van der Waals surface area contributed by atoms with Gasteiger partial charge in [-0.25, -0.2) is 8.42 Å². The van der Waals surface area contributed by atoms with Gasteiger partial charge in [-0.3, -0.25) is 13.9 Å². The van der Waals surface area contributed by atoms with Crippen molar-refractivity contribution in [3.05, 3.63) is 63.1 Å². The van der Waals surface area contributed by atoms with Crippen LogP contribution in [0.15, 0.2) is 36.4 Å². The Labute approximate surface area is 231 Å². The molecule has 0 radical (unpaired) electrons. The number of halogens is 2. The molecule has 10 heteroatoms. The third-order valence-electron chi connectivity index (χ3n) is 6.12. The number of anilines is 1. The quantitative estimate of drug-likeness (QED) is 0.373. The number of sulfonamides is 1. The highest BCUT2D eigenvalue weighted by atomic mass is 35.5. The highest BCUT2D eigenvalue weighted by Gasteiger charge is 2.27. The average molecular weight is 571 g/mol. The summed E-state index contributed by atoms with van der Waals surface area (Å²) < 4.78 is 26.3. The average Bonchev–Trinajstić information content (AvgIpc) is 2.81. The first-order chi connectivity index (χ1) is 17.2. The van der Waals surface area contributed by atoms with Crippen LogP contribution in [0.4, 0.5) is 5.69 Å². The number of carbonyl (C=O) groups excluding carboxylic acids is 2. The summed E-state index contributed by atoms with van der Waals surface area (Å²) in [6.07, 6.45) is 1.51. The summed E-state index contributed by atoms with van der Waals surface area (Å²) in [6.45, 7) is 10.4. The smallest absolute Gasteiger partial charge is 0.242 e. The van der Waals surface area contributed by atoms with Gasteiger partial charge >= 0.3 is 0 Å². The van der Waals surface area contributed by atoms with Gasteiger partial charge < -0.3 is 10.2 Å². The van der Waals surface area contributed by atoms with Crippen molar-refractivity contribution < 1.29 is 18.0 Å². The number of benzene rings is 2. The maximum Gasteiger partial charge on any atom is 0.242 e. The molecule has 1 unspecified atom stereocenters. The Morgan fingerprint density at radius 3 is 2.22 bits per heavy atom. The lowest BCUT2D eigenvalue weighted by Crippen LogP contribution is -2.48. The fraction of sp³-hybridized carbons (Fsp3) is 0.481. The minimum absolute atomic E-state index is 0.0694. The first kappa shape index (κ1) is 30.9. The fourth-order valence-electron chi connectivity index (χ4n) is 3.75. The van der Waals surface area contributed by atoms with Gasteiger partial charge in [-0.15, -0.1) is 0 Å². The monoisotopic (exact) mass is 569 g/mol. The van der Waals surface area contributed by atoms with E-state index in [-0.39, 0.29) is 43.7 Å². The van der Waals surface area contributed by atoms with Crippen molar-refractivity contribution in [2.24, 2.45) is 5.92 Å². The highest BCUT2D eigenvalue weighted by molar-refractivity contribution is 7.92. The van der Waals surface area contributed by atoms with Crippen molar-refractivity contribution in [1.82, 2.24) is 10.2 Å². The molecule has 0 aromatic heterocycles. The van der Waals surface area contributed by atoms with E-state index < -0.39 is 16.1 Å². The Balaban J connectivity index is 2.20. The van der Waals surface area contributed by atoms with Crippen LogP contribution in [0.1, 0.15) is 50.3 Å². The topological polar surface area (TPSA) is 86.8 Å². The van der Waals surface area contributed by atoms with E-state index >= 15 is 0 Å². The van der Waals surface area contributed by atoms with E-state index in [0.29, 0.717) is 22.3 Å². The minimum Gasteiger partial charge on any atom is -0.354 e. The Hall–Kier alpha value is -2.29. The first-order valence-electron chi connectivity index (χ1n) is 12.3. The molecule has 0 aliphatic rings. The molecule has 0 fully saturated rings. The zero-order valence-electron chi connectivity index (χ0n) is 22.3. The van der Waals surface area contributed by atoms with Crippen LogP contribution < -0.4 is 9.62 Å². The second-order valence-electron chi connectivity index (χ2n) is 9.79. The van der Waals surface area contributed by atoms with Crippen LogP contribution in [-0.2, 0) is 26.2 Å². The van der Waals surface area contributed by atoms with Crippen LogP contribution in [0.5, 0.6) is 0 Å². The number of rotatable bonds is 12. The third kappa shape index (κ3) is 9.20. The molecule has 0 heterocycles. The highest BCUT2D eigenvalue weighted by Crippen LogP contribution is 2.25. The van der Waals surface area contributed by atoms with Crippen LogP contribution >= 0.6 is 23.2 Å². The maximum absolute atomic E-state index is 13.4. The zero-order valence-corrected chi connectivity index (χ0v) is 24.7. The summed E-state index contributed by atoms with van der Waals surface area (Å²) in [5.41, 5.74) is 3.35. The van der Waals surface area contributed by atoms with Crippen molar-refractivity contribution >= 4 is 50.7 Å². The van der Waals surface area contributed by atoms with Gasteiger partial charge in [-0.2, -0.15) is 0 Å². The van der Waals surface area contributed by atoms with Gasteiger partial charge in [0.15, 0.2) is 0 Å². The van der Waals surface area contributed by atoms with E-state index in [2.05, 4.69) is 5.32 Å². The van der Waals surface area contributed by atoms with E-state index in [1.54, 1.807) is 31.2 Å². The van der Waals surface area contributed by atoms with Gasteiger partial charge in [0, 0.05) is 26.1 Å². The Bertz CT molecular complexity index is 1220. The van der Waals surface area contributed by atoms with Gasteiger partial charge in [0.1, 0.15) is 6.04 Å². The molecule has 0 spiro atoms. The van der Waals surface area contributed by atoms with Crippen LogP contribution in [0.25, 0.3) is 0 Å². The maximum atomic E-state index is 13.4. The predicted octanol–water partition coefficient (Wildman–Crippen LogP) is 5.35. The minimum atomic E-state index is -3.55. The molecule has 2 aromatic rings. The molecule has 0 aliphatic carbocycles. The molecule has 7 nitrogen and oxygen atoms in total. The van der Waals surface area contributed by atoms with Crippen molar-refractivity contribution in [1.29, 1.82) is 0 Å². The van der Waals surface area contributed by atoms with Crippen molar-refractivity contribution in [3.63, 3.8) is 0 Å². The number of carbonyl (C=O) groups is 2. The Kier molecular flexibility index (Phi) is 11.3. The molecule has 0 bridgehead atoms. The molecular weight excluding hydrogens is 533 g/mol. The second-order valence-corrected chi connectivity index (χ2v) is 12.5. The van der Waals surface area contributed by atoms with E-state index in [0.717, 1.165) is 22.9 Å². The molecule has 0 saturated carbocycles. The fourth-order valence-corrected chi connectivity index (χ4v) is 5.03. The summed E-state index contributed by atoms with van der Waals surface area (Å²) in [7, 11) is -3.55. The standard InChI is InChI=1S/C27H37Cl2N3O4S/c1-18(2)16-30-27(34)21(5)31(17-22-10-12-24(28)25(29)15-22)26(33)8-7-13-32(37(6,35)36)23-11-9-19(3)20(4)14-23/h9-12,14-15,18,21H,7-8,13,16-17H2,1-6H3,(H,30,34). The number of nitrogens with zero attached hydrogens (tertiary/aromatic N) is 2. The summed E-state index contributed by atoms with van der Waals surface area (Å²) in [5, 5.41) is 3.64. The Morgan fingerprint density at radius 1 is 0.973 bits per heavy atom. The van der Waals surface area contributed by atoms with E-state index in [1.165, 1.54) is 9.21 Å². The largest absolute Gasteiger partial charge is 0.354 e. The molecule has 1 atom stereocenters. The molecular formula is C27H37Cl2N3O4S. The first-order valence-corrected chi connectivity index (χ1v) is 14.9. The van der Waals surface area contributed by atoms with Crippen molar-refractivity contribution in [2.45, 2.75) is 60.0 Å². The third-order valence-corrected chi connectivity index (χ3v) is 8.05. The lowest BCUT2D eigenvalue weighted by Gasteiger charge is -2.30. The summed E-state index contributed by atoms with van der Waals surface area (Å²) >= 11 is 12.2. The molecule has 2 rings (SSSR count). The van der Waals surface area contributed by atoms with Gasteiger partial charge in [0.2, 0.25) is 21.8 Å². The zero-order chi connectivity index (χ0) is 27.9.